The predicted octanol–water partition coefficient (Wildman–Crippen LogP) is 3.04. The van der Waals surface area contributed by atoms with E-state index in [0.29, 0.717) is 28.8 Å². The second-order valence-corrected chi connectivity index (χ2v) is 6.63. The number of hydrogen-bond donors (Lipinski definition) is 0. The third-order valence-corrected chi connectivity index (χ3v) is 4.66. The molecule has 0 saturated heterocycles. The predicted molar refractivity (Wildman–Crippen MR) is 104 cm³/mol. The van der Waals surface area contributed by atoms with Gasteiger partial charge in [-0.3, -0.25) is 4.79 Å². The molecule has 0 amide bonds. The summed E-state index contributed by atoms with van der Waals surface area (Å²) in [5, 5.41) is 12.0. The molecule has 29 heavy (non-hydrogen) atoms. The second-order valence-electron chi connectivity index (χ2n) is 5.69. The Labute approximate surface area is 171 Å². The van der Waals surface area contributed by atoms with Gasteiger partial charge in [-0.15, -0.1) is 5.10 Å². The zero-order chi connectivity index (χ0) is 20.6. The number of ether oxygens (including phenoxy) is 3. The molecule has 0 unspecified atom stereocenters. The summed E-state index contributed by atoms with van der Waals surface area (Å²) in [5.41, 5.74) is 1.20. The van der Waals surface area contributed by atoms with Gasteiger partial charge in [-0.25, -0.2) is 4.39 Å². The second kappa shape index (κ2) is 9.87. The first-order valence-electron chi connectivity index (χ1n) is 8.73. The van der Waals surface area contributed by atoms with E-state index in [0.717, 1.165) is 11.8 Å². The molecule has 8 nitrogen and oxygen atoms in total. The van der Waals surface area contributed by atoms with E-state index in [1.165, 1.54) is 23.9 Å². The van der Waals surface area contributed by atoms with E-state index in [9.17, 15) is 9.18 Å². The van der Waals surface area contributed by atoms with Crippen LogP contribution in [0, 0.1) is 5.82 Å². The number of aromatic nitrogens is 4. The maximum Gasteiger partial charge on any atom is 0.316 e. The average Bonchev–Trinajstić information content (AvgIpc) is 3.20. The minimum atomic E-state index is -0.512. The first kappa shape index (κ1) is 20.6. The van der Waals surface area contributed by atoms with Crippen LogP contribution in [0.15, 0.2) is 47.6 Å². The first-order chi connectivity index (χ1) is 14.1. The lowest BCUT2D eigenvalue weighted by molar-refractivity contribution is -0.141. The normalized spacial score (nSPS) is 10.6. The van der Waals surface area contributed by atoms with Crippen molar-refractivity contribution in [2.75, 3.05) is 19.5 Å². The van der Waals surface area contributed by atoms with Crippen LogP contribution in [0.3, 0.4) is 0 Å². The van der Waals surface area contributed by atoms with Crippen LogP contribution in [0.4, 0.5) is 4.39 Å². The number of tetrazole rings is 1. The van der Waals surface area contributed by atoms with Gasteiger partial charge in [-0.05, 0) is 47.2 Å². The van der Waals surface area contributed by atoms with Crippen molar-refractivity contribution < 1.29 is 23.4 Å². The zero-order valence-corrected chi connectivity index (χ0v) is 16.7. The Morgan fingerprint density at radius 2 is 2.03 bits per heavy atom. The smallest absolute Gasteiger partial charge is 0.316 e. The fourth-order valence-electron chi connectivity index (χ4n) is 2.46. The number of rotatable bonds is 9. The summed E-state index contributed by atoms with van der Waals surface area (Å²) >= 11 is 1.13. The van der Waals surface area contributed by atoms with Crippen LogP contribution in [0.1, 0.15) is 12.5 Å². The molecule has 0 atom stereocenters. The fourth-order valence-corrected chi connectivity index (χ4v) is 3.14. The van der Waals surface area contributed by atoms with Crippen molar-refractivity contribution in [3.8, 4) is 17.2 Å². The minimum absolute atomic E-state index is 0.00415. The highest BCUT2D eigenvalue weighted by Crippen LogP contribution is 2.26. The Balaban J connectivity index is 1.59. The Morgan fingerprint density at radius 1 is 1.21 bits per heavy atom. The highest BCUT2D eigenvalue weighted by molar-refractivity contribution is 7.99. The van der Waals surface area contributed by atoms with Crippen LogP contribution in [-0.4, -0.2) is 45.6 Å². The summed E-state index contributed by atoms with van der Waals surface area (Å²) < 4.78 is 30.9. The number of thioether (sulfide) groups is 1. The van der Waals surface area contributed by atoms with Crippen LogP contribution in [0.2, 0.25) is 0 Å². The molecule has 3 rings (SSSR count). The Hall–Kier alpha value is -3.14. The van der Waals surface area contributed by atoms with Crippen molar-refractivity contribution in [2.45, 2.75) is 18.7 Å². The topological polar surface area (TPSA) is 88.4 Å². The highest BCUT2D eigenvalue weighted by atomic mass is 32.2. The third-order valence-electron chi connectivity index (χ3n) is 3.77. The number of benzene rings is 2. The molecular formula is C19H19FN4O4S. The van der Waals surface area contributed by atoms with E-state index < -0.39 is 11.8 Å². The SMILES string of the molecule is CCOc1ccccc1-n1nnnc1SCC(=O)OCc1ccc(OC)c(F)c1. The molecule has 0 aliphatic heterocycles. The van der Waals surface area contributed by atoms with Crippen LogP contribution in [-0.2, 0) is 16.1 Å². The molecular weight excluding hydrogens is 399 g/mol. The maximum absolute atomic E-state index is 13.7. The standard InChI is InChI=1S/C19H19FN4O4S/c1-3-27-17-7-5-4-6-15(17)24-19(21-22-23-24)29-12-18(25)28-11-13-8-9-16(26-2)14(20)10-13/h4-10H,3,11-12H2,1-2H3. The lowest BCUT2D eigenvalue weighted by Gasteiger charge is -2.10. The molecule has 0 fully saturated rings. The van der Waals surface area contributed by atoms with Gasteiger partial charge in [-0.2, -0.15) is 4.68 Å². The number of carbonyl (C=O) groups excluding carboxylic acids is 1. The molecule has 3 aromatic rings. The van der Waals surface area contributed by atoms with Gasteiger partial charge >= 0.3 is 5.97 Å². The summed E-state index contributed by atoms with van der Waals surface area (Å²) in [6.45, 7) is 2.34. The average molecular weight is 418 g/mol. The molecule has 1 heterocycles. The molecule has 0 aliphatic carbocycles. The molecule has 1 aromatic heterocycles. The van der Waals surface area contributed by atoms with E-state index in [2.05, 4.69) is 15.5 Å². The lowest BCUT2D eigenvalue weighted by atomic mass is 10.2. The molecule has 0 aliphatic rings. The molecule has 0 bridgehead atoms. The van der Waals surface area contributed by atoms with Crippen molar-refractivity contribution in [1.82, 2.24) is 20.2 Å². The van der Waals surface area contributed by atoms with Crippen LogP contribution >= 0.6 is 11.8 Å². The van der Waals surface area contributed by atoms with E-state index in [-0.39, 0.29) is 18.1 Å². The van der Waals surface area contributed by atoms with Crippen molar-refractivity contribution in [3.63, 3.8) is 0 Å². The largest absolute Gasteiger partial charge is 0.494 e. The number of para-hydroxylation sites is 2. The molecule has 0 N–H and O–H groups in total. The maximum atomic E-state index is 13.7. The minimum Gasteiger partial charge on any atom is -0.494 e. The molecule has 152 valence electrons. The Morgan fingerprint density at radius 3 is 2.79 bits per heavy atom. The van der Waals surface area contributed by atoms with Gasteiger partial charge < -0.3 is 14.2 Å². The fraction of sp³-hybridized carbons (Fsp3) is 0.263. The monoisotopic (exact) mass is 418 g/mol. The van der Waals surface area contributed by atoms with E-state index >= 15 is 0 Å². The number of carbonyl (C=O) groups is 1. The molecule has 0 saturated carbocycles. The first-order valence-corrected chi connectivity index (χ1v) is 9.72. The third kappa shape index (κ3) is 5.23. The van der Waals surface area contributed by atoms with Crippen LogP contribution in [0.5, 0.6) is 11.5 Å². The zero-order valence-electron chi connectivity index (χ0n) is 15.9. The van der Waals surface area contributed by atoms with Crippen molar-refractivity contribution in [1.29, 1.82) is 0 Å². The number of esters is 1. The van der Waals surface area contributed by atoms with Crippen LogP contribution in [0.25, 0.3) is 5.69 Å². The molecule has 2 aromatic carbocycles. The van der Waals surface area contributed by atoms with Gasteiger partial charge in [0.2, 0.25) is 5.16 Å². The van der Waals surface area contributed by atoms with Crippen molar-refractivity contribution in [2.24, 2.45) is 0 Å². The molecule has 10 heteroatoms. The van der Waals surface area contributed by atoms with Gasteiger partial charge in [0.25, 0.3) is 0 Å². The number of hydrogen-bond acceptors (Lipinski definition) is 8. The van der Waals surface area contributed by atoms with Gasteiger partial charge in [0, 0.05) is 0 Å². The summed E-state index contributed by atoms with van der Waals surface area (Å²) in [5.74, 6) is -0.222. The van der Waals surface area contributed by atoms with Crippen molar-refractivity contribution >= 4 is 17.7 Å². The Kier molecular flexibility index (Phi) is 7.01. The van der Waals surface area contributed by atoms with E-state index in [1.54, 1.807) is 6.07 Å². The molecule has 0 spiro atoms. The number of methoxy groups -OCH3 is 1. The number of halogens is 1. The summed E-state index contributed by atoms with van der Waals surface area (Å²) in [6, 6.07) is 11.7. The highest BCUT2D eigenvalue weighted by Gasteiger charge is 2.15. The quantitative estimate of drug-likeness (QED) is 0.387. The summed E-state index contributed by atoms with van der Waals surface area (Å²) in [4.78, 5) is 12.1. The van der Waals surface area contributed by atoms with Gasteiger partial charge in [0.15, 0.2) is 11.6 Å². The summed E-state index contributed by atoms with van der Waals surface area (Å²) in [6.07, 6.45) is 0. The van der Waals surface area contributed by atoms with Gasteiger partial charge in [0.1, 0.15) is 18.0 Å². The Bertz CT molecular complexity index is 982. The number of nitrogens with zero attached hydrogens (tertiary/aromatic N) is 4. The van der Waals surface area contributed by atoms with E-state index in [4.69, 9.17) is 14.2 Å². The lowest BCUT2D eigenvalue weighted by Crippen LogP contribution is -2.09. The van der Waals surface area contributed by atoms with Gasteiger partial charge in [-0.1, -0.05) is 30.0 Å². The van der Waals surface area contributed by atoms with E-state index in [1.807, 2.05) is 31.2 Å². The van der Waals surface area contributed by atoms with Crippen molar-refractivity contribution in [3.05, 3.63) is 53.8 Å². The summed E-state index contributed by atoms with van der Waals surface area (Å²) in [7, 11) is 1.38. The molecule has 0 radical (unpaired) electrons. The van der Waals surface area contributed by atoms with Gasteiger partial charge in [0.05, 0.1) is 19.5 Å². The van der Waals surface area contributed by atoms with Crippen LogP contribution < -0.4 is 9.47 Å².